The second-order valence-corrected chi connectivity index (χ2v) is 2.29. The Morgan fingerprint density at radius 1 is 1.33 bits per heavy atom. The molecule has 1 aromatic carbocycles. The zero-order valence-corrected chi connectivity index (χ0v) is 12.1. The van der Waals surface area contributed by atoms with Crippen LogP contribution in [0.2, 0.25) is 0 Å². The van der Waals surface area contributed by atoms with E-state index >= 15 is 0 Å². The van der Waals surface area contributed by atoms with Gasteiger partial charge in [-0.3, -0.25) is 0 Å². The third-order valence-electron chi connectivity index (χ3n) is 0.863. The zero-order valence-electron chi connectivity index (χ0n) is 9.02. The van der Waals surface area contributed by atoms with E-state index in [0.29, 0.717) is 0 Å². The Hall–Kier alpha value is 0.856. The van der Waals surface area contributed by atoms with Crippen LogP contribution in [0, 0.1) is 20.4 Å². The molecular weight excluding hydrogens is 171 g/mol. The van der Waals surface area contributed by atoms with E-state index in [1.165, 1.54) is 12.0 Å². The summed E-state index contributed by atoms with van der Waals surface area (Å²) >= 11 is 0. The van der Waals surface area contributed by atoms with Gasteiger partial charge in [0, 0.05) is 0 Å². The minimum Gasteiger partial charge on any atom is -0.358 e. The van der Waals surface area contributed by atoms with Crippen LogP contribution in [0.25, 0.3) is 0 Å². The van der Waals surface area contributed by atoms with Crippen molar-refractivity contribution in [3.05, 3.63) is 43.3 Å². The first-order valence-corrected chi connectivity index (χ1v) is 3.74. The van der Waals surface area contributed by atoms with Gasteiger partial charge in [0.2, 0.25) is 0 Å². The van der Waals surface area contributed by atoms with E-state index in [1.807, 2.05) is 18.2 Å². The molecule has 0 nitrogen and oxygen atoms in total. The van der Waals surface area contributed by atoms with E-state index in [2.05, 4.69) is 32.9 Å². The summed E-state index contributed by atoms with van der Waals surface area (Å²) < 4.78 is 0. The average Bonchev–Trinajstić information content (AvgIpc) is 1.91. The first-order chi connectivity index (χ1) is 4.81. The van der Waals surface area contributed by atoms with Crippen LogP contribution in [0.5, 0.6) is 0 Å². The number of aryl methyl sites for hydroxylation is 1. The van der Waals surface area contributed by atoms with Crippen LogP contribution in [0.1, 0.15) is 25.8 Å². The molecule has 1 rings (SSSR count). The smallest absolute Gasteiger partial charge is 0.358 e. The predicted octanol–water partition coefficient (Wildman–Crippen LogP) is 0.666. The van der Waals surface area contributed by atoms with Crippen LogP contribution in [0.4, 0.5) is 0 Å². The molecule has 0 unspecified atom stereocenters. The summed E-state index contributed by atoms with van der Waals surface area (Å²) in [6.07, 6.45) is 1.25. The third kappa shape index (κ3) is 13.4. The maximum absolute atomic E-state index is 2.96. The van der Waals surface area contributed by atoms with E-state index in [0.717, 1.165) is 0 Å². The number of hydrogen-bond acceptors (Lipinski definition) is 0. The van der Waals surface area contributed by atoms with Crippen molar-refractivity contribution in [1.29, 1.82) is 0 Å². The molecule has 0 aliphatic carbocycles. The van der Waals surface area contributed by atoms with Gasteiger partial charge in [0.15, 0.2) is 0 Å². The van der Waals surface area contributed by atoms with E-state index < -0.39 is 0 Å². The second kappa shape index (κ2) is 14.4. The Bertz CT molecular complexity index is 146. The molecule has 0 aromatic heterocycles. The van der Waals surface area contributed by atoms with Crippen molar-refractivity contribution in [1.82, 2.24) is 0 Å². The molecule has 1 heteroatoms. The third-order valence-corrected chi connectivity index (χ3v) is 0.863. The molecule has 0 saturated carbocycles. The molecular formula is C11H18K-. The van der Waals surface area contributed by atoms with E-state index in [-0.39, 0.29) is 58.8 Å². The van der Waals surface area contributed by atoms with Gasteiger partial charge in [-0.05, 0) is 0 Å². The van der Waals surface area contributed by atoms with Gasteiger partial charge in [-0.15, -0.1) is 0 Å². The van der Waals surface area contributed by atoms with Crippen molar-refractivity contribution in [2.45, 2.75) is 27.2 Å². The van der Waals surface area contributed by atoms with Gasteiger partial charge in [-0.25, -0.2) is 0 Å². The molecule has 0 saturated heterocycles. The topological polar surface area (TPSA) is 0 Å². The average molecular weight is 189 g/mol. The quantitative estimate of drug-likeness (QED) is 0.416. The van der Waals surface area contributed by atoms with Crippen molar-refractivity contribution in [2.75, 3.05) is 0 Å². The van der Waals surface area contributed by atoms with Crippen molar-refractivity contribution < 1.29 is 51.4 Å². The Balaban J connectivity index is -0.000000146. The second-order valence-electron chi connectivity index (χ2n) is 2.29. The standard InChI is InChI=1S/C7H7.C3H8.CH3.K/c1-7-5-3-2-4-6-7;1-3-2;;/h2-3,5-6H,1H3;3H2,1-2H3;1H3;/q-1;;-1;+1. The molecule has 0 N–H and O–H groups in total. The summed E-state index contributed by atoms with van der Waals surface area (Å²) in [5.74, 6) is 0. The zero-order chi connectivity index (χ0) is 7.82. The molecule has 0 aliphatic heterocycles. The molecule has 0 atom stereocenters. The molecule has 0 spiro atoms. The van der Waals surface area contributed by atoms with Crippen LogP contribution in [-0.4, -0.2) is 0 Å². The fourth-order valence-electron chi connectivity index (χ4n) is 0.483. The van der Waals surface area contributed by atoms with Crippen molar-refractivity contribution in [3.63, 3.8) is 0 Å². The summed E-state index contributed by atoms with van der Waals surface area (Å²) in [6.45, 7) is 6.30. The summed E-state index contributed by atoms with van der Waals surface area (Å²) in [5.41, 5.74) is 1.27. The van der Waals surface area contributed by atoms with Gasteiger partial charge < -0.3 is 7.43 Å². The monoisotopic (exact) mass is 189 g/mol. The van der Waals surface area contributed by atoms with Crippen LogP contribution < -0.4 is 51.4 Å². The van der Waals surface area contributed by atoms with Crippen LogP contribution in [-0.2, 0) is 0 Å². The van der Waals surface area contributed by atoms with E-state index in [1.54, 1.807) is 0 Å². The van der Waals surface area contributed by atoms with Crippen molar-refractivity contribution >= 4 is 0 Å². The fraction of sp³-hybridized carbons (Fsp3) is 0.364. The fourth-order valence-corrected chi connectivity index (χ4v) is 0.483. The Labute approximate surface area is 120 Å². The predicted molar refractivity (Wildman–Crippen MR) is 52.4 cm³/mol. The van der Waals surface area contributed by atoms with Gasteiger partial charge in [-0.1, -0.05) is 27.2 Å². The van der Waals surface area contributed by atoms with Gasteiger partial charge in [0.1, 0.15) is 0 Å². The maximum atomic E-state index is 2.96. The van der Waals surface area contributed by atoms with Crippen LogP contribution in [0.3, 0.4) is 0 Å². The molecule has 0 fully saturated rings. The molecule has 0 heterocycles. The normalized spacial score (nSPS) is 6.58. The summed E-state index contributed by atoms with van der Waals surface area (Å²) in [6, 6.07) is 10.8. The van der Waals surface area contributed by atoms with Gasteiger partial charge >= 0.3 is 51.4 Å². The van der Waals surface area contributed by atoms with E-state index in [9.17, 15) is 0 Å². The van der Waals surface area contributed by atoms with Crippen molar-refractivity contribution in [2.24, 2.45) is 0 Å². The summed E-state index contributed by atoms with van der Waals surface area (Å²) in [7, 11) is 0. The minimum absolute atomic E-state index is 0. The number of benzene rings is 1. The van der Waals surface area contributed by atoms with Crippen LogP contribution in [0.15, 0.2) is 24.3 Å². The largest absolute Gasteiger partial charge is 1.00 e. The molecule has 0 amide bonds. The minimum atomic E-state index is 0. The first-order valence-electron chi connectivity index (χ1n) is 3.74. The molecule has 0 bridgehead atoms. The number of rotatable bonds is 0. The summed E-state index contributed by atoms with van der Waals surface area (Å²) in [4.78, 5) is 0. The Morgan fingerprint density at radius 3 is 2.00 bits per heavy atom. The molecule has 1 aromatic rings. The molecule has 0 radical (unpaired) electrons. The van der Waals surface area contributed by atoms with Crippen molar-refractivity contribution in [3.8, 4) is 0 Å². The Morgan fingerprint density at radius 2 is 1.83 bits per heavy atom. The first kappa shape index (κ1) is 18.6. The van der Waals surface area contributed by atoms with E-state index in [4.69, 9.17) is 0 Å². The summed E-state index contributed by atoms with van der Waals surface area (Å²) in [5, 5.41) is 0. The van der Waals surface area contributed by atoms with Gasteiger partial charge in [0.05, 0.1) is 0 Å². The number of hydrogen-bond donors (Lipinski definition) is 0. The molecule has 12 heavy (non-hydrogen) atoms. The molecule has 0 aliphatic rings. The van der Waals surface area contributed by atoms with Crippen LogP contribution >= 0.6 is 0 Å². The SMILES string of the molecule is CCC.Cc1c[c-]ccc1.[CH3-].[K+]. The van der Waals surface area contributed by atoms with Gasteiger partial charge in [-0.2, -0.15) is 35.9 Å². The molecule has 64 valence electrons. The van der Waals surface area contributed by atoms with Gasteiger partial charge in [0.25, 0.3) is 0 Å². The maximum Gasteiger partial charge on any atom is 1.00 e. The Kier molecular flexibility index (Phi) is 22.3.